The summed E-state index contributed by atoms with van der Waals surface area (Å²) >= 11 is 0. The molecule has 0 saturated carbocycles. The standard InChI is InChI=1S/C16H15NO/c1-16(2)14-4-3-12(9-13(14)10-15(16)18)11-5-7-17-8-6-11/h3-9H,10H2,1-2H3. The third-order valence-electron chi connectivity index (χ3n) is 3.84. The molecule has 2 aromatic rings. The Hall–Kier alpha value is -1.96. The molecule has 0 amide bonds. The van der Waals surface area contributed by atoms with Crippen molar-refractivity contribution in [1.82, 2.24) is 4.98 Å². The van der Waals surface area contributed by atoms with E-state index in [-0.39, 0.29) is 5.41 Å². The number of nitrogens with zero attached hydrogens (tertiary/aromatic N) is 1. The van der Waals surface area contributed by atoms with Gasteiger partial charge in [-0.25, -0.2) is 0 Å². The molecule has 1 aliphatic rings. The van der Waals surface area contributed by atoms with E-state index in [0.717, 1.165) is 11.1 Å². The van der Waals surface area contributed by atoms with Crippen molar-refractivity contribution in [2.45, 2.75) is 25.7 Å². The lowest BCUT2D eigenvalue weighted by Crippen LogP contribution is -2.23. The van der Waals surface area contributed by atoms with Crippen molar-refractivity contribution in [2.75, 3.05) is 0 Å². The Morgan fingerprint density at radius 2 is 1.78 bits per heavy atom. The minimum Gasteiger partial charge on any atom is -0.298 e. The lowest BCUT2D eigenvalue weighted by Gasteiger charge is -2.17. The van der Waals surface area contributed by atoms with E-state index < -0.39 is 0 Å². The first-order valence-corrected chi connectivity index (χ1v) is 6.16. The summed E-state index contributed by atoms with van der Waals surface area (Å²) in [5, 5.41) is 0. The van der Waals surface area contributed by atoms with Gasteiger partial charge in [0.15, 0.2) is 0 Å². The molecule has 1 aromatic carbocycles. The van der Waals surface area contributed by atoms with Gasteiger partial charge in [-0.1, -0.05) is 18.2 Å². The lowest BCUT2D eigenvalue weighted by atomic mass is 9.85. The number of hydrogen-bond donors (Lipinski definition) is 0. The van der Waals surface area contributed by atoms with E-state index in [1.807, 2.05) is 26.0 Å². The van der Waals surface area contributed by atoms with Gasteiger partial charge in [-0.3, -0.25) is 9.78 Å². The molecule has 0 N–H and O–H groups in total. The normalized spacial score (nSPS) is 16.7. The van der Waals surface area contributed by atoms with E-state index in [2.05, 4.69) is 23.2 Å². The van der Waals surface area contributed by atoms with Crippen LogP contribution in [0, 0.1) is 0 Å². The summed E-state index contributed by atoms with van der Waals surface area (Å²) in [6.45, 7) is 4.01. The van der Waals surface area contributed by atoms with Gasteiger partial charge < -0.3 is 0 Å². The van der Waals surface area contributed by atoms with E-state index in [9.17, 15) is 4.79 Å². The molecule has 0 saturated heterocycles. The molecule has 2 heteroatoms. The Morgan fingerprint density at radius 3 is 2.50 bits per heavy atom. The number of aromatic nitrogens is 1. The largest absolute Gasteiger partial charge is 0.298 e. The number of pyridine rings is 1. The fourth-order valence-electron chi connectivity index (χ4n) is 2.62. The van der Waals surface area contributed by atoms with Crippen LogP contribution in [0.25, 0.3) is 11.1 Å². The van der Waals surface area contributed by atoms with Crippen LogP contribution >= 0.6 is 0 Å². The first-order valence-electron chi connectivity index (χ1n) is 6.16. The summed E-state index contributed by atoms with van der Waals surface area (Å²) in [6, 6.07) is 10.3. The molecule has 1 aliphatic carbocycles. The third-order valence-corrected chi connectivity index (χ3v) is 3.84. The van der Waals surface area contributed by atoms with Crippen molar-refractivity contribution >= 4 is 5.78 Å². The van der Waals surface area contributed by atoms with Gasteiger partial charge in [-0.05, 0) is 48.2 Å². The van der Waals surface area contributed by atoms with E-state index in [1.54, 1.807) is 12.4 Å². The molecule has 0 spiro atoms. The summed E-state index contributed by atoms with van der Waals surface area (Å²) in [7, 11) is 0. The Balaban J connectivity index is 2.10. The first kappa shape index (κ1) is 11.1. The predicted molar refractivity (Wildman–Crippen MR) is 71.4 cm³/mol. The van der Waals surface area contributed by atoms with Gasteiger partial charge in [-0.15, -0.1) is 0 Å². The van der Waals surface area contributed by atoms with Gasteiger partial charge in [0.2, 0.25) is 0 Å². The van der Waals surface area contributed by atoms with Crippen LogP contribution in [0.4, 0.5) is 0 Å². The molecule has 90 valence electrons. The predicted octanol–water partition coefficient (Wildman–Crippen LogP) is 3.15. The van der Waals surface area contributed by atoms with Crippen LogP contribution in [0.3, 0.4) is 0 Å². The minimum absolute atomic E-state index is 0.310. The van der Waals surface area contributed by atoms with Gasteiger partial charge in [0.25, 0.3) is 0 Å². The lowest BCUT2D eigenvalue weighted by molar-refractivity contribution is -0.121. The highest BCUT2D eigenvalue weighted by Gasteiger charge is 2.37. The second-order valence-corrected chi connectivity index (χ2v) is 5.33. The molecule has 0 fully saturated rings. The van der Waals surface area contributed by atoms with Gasteiger partial charge in [0, 0.05) is 24.2 Å². The smallest absolute Gasteiger partial charge is 0.147 e. The maximum Gasteiger partial charge on any atom is 0.147 e. The molecule has 0 unspecified atom stereocenters. The molecule has 0 bridgehead atoms. The molecule has 3 rings (SSSR count). The Kier molecular flexibility index (Phi) is 2.34. The first-order chi connectivity index (χ1) is 8.59. The minimum atomic E-state index is -0.327. The van der Waals surface area contributed by atoms with E-state index in [4.69, 9.17) is 0 Å². The number of carbonyl (C=O) groups excluding carboxylic acids is 1. The zero-order valence-electron chi connectivity index (χ0n) is 10.6. The van der Waals surface area contributed by atoms with Gasteiger partial charge in [-0.2, -0.15) is 0 Å². The Morgan fingerprint density at radius 1 is 1.06 bits per heavy atom. The molecule has 1 aromatic heterocycles. The SMILES string of the molecule is CC1(C)C(=O)Cc2cc(-c3ccncc3)ccc21. The number of fused-ring (bicyclic) bond motifs is 1. The van der Waals surface area contributed by atoms with E-state index in [0.29, 0.717) is 12.2 Å². The third kappa shape index (κ3) is 1.57. The fourth-order valence-corrected chi connectivity index (χ4v) is 2.62. The van der Waals surface area contributed by atoms with Gasteiger partial charge in [0.1, 0.15) is 5.78 Å². The van der Waals surface area contributed by atoms with Crippen molar-refractivity contribution < 1.29 is 4.79 Å². The van der Waals surface area contributed by atoms with Crippen LogP contribution in [0.2, 0.25) is 0 Å². The highest BCUT2D eigenvalue weighted by atomic mass is 16.1. The molecular weight excluding hydrogens is 222 g/mol. The maximum absolute atomic E-state index is 12.0. The summed E-state index contributed by atoms with van der Waals surface area (Å²) in [5.41, 5.74) is 4.31. The van der Waals surface area contributed by atoms with E-state index >= 15 is 0 Å². The molecule has 0 aliphatic heterocycles. The Bertz CT molecular complexity index is 614. The average Bonchev–Trinajstić information content (AvgIpc) is 2.61. The number of hydrogen-bond acceptors (Lipinski definition) is 2. The van der Waals surface area contributed by atoms with Crippen molar-refractivity contribution in [1.29, 1.82) is 0 Å². The van der Waals surface area contributed by atoms with Gasteiger partial charge in [0.05, 0.1) is 0 Å². The molecular formula is C16H15NO. The monoisotopic (exact) mass is 237 g/mol. The molecule has 0 atom stereocenters. The summed E-state index contributed by atoms with van der Waals surface area (Å²) in [4.78, 5) is 16.0. The van der Waals surface area contributed by atoms with Crippen LogP contribution in [-0.4, -0.2) is 10.8 Å². The fraction of sp³-hybridized carbons (Fsp3) is 0.250. The van der Waals surface area contributed by atoms with E-state index in [1.165, 1.54) is 11.1 Å². The topological polar surface area (TPSA) is 30.0 Å². The van der Waals surface area contributed by atoms with Crippen LogP contribution in [0.15, 0.2) is 42.7 Å². The number of Topliss-reactive ketones (excluding diaryl/α,β-unsaturated/α-hetero) is 1. The quantitative estimate of drug-likeness (QED) is 0.762. The molecule has 18 heavy (non-hydrogen) atoms. The zero-order valence-corrected chi connectivity index (χ0v) is 10.6. The number of carbonyl (C=O) groups is 1. The second kappa shape index (κ2) is 3.77. The highest BCUT2D eigenvalue weighted by Crippen LogP contribution is 2.37. The summed E-state index contributed by atoms with van der Waals surface area (Å²) in [6.07, 6.45) is 4.14. The summed E-state index contributed by atoms with van der Waals surface area (Å²) < 4.78 is 0. The zero-order chi connectivity index (χ0) is 12.8. The average molecular weight is 237 g/mol. The van der Waals surface area contributed by atoms with Crippen molar-refractivity contribution in [2.24, 2.45) is 0 Å². The van der Waals surface area contributed by atoms with Crippen LogP contribution in [-0.2, 0) is 16.6 Å². The second-order valence-electron chi connectivity index (χ2n) is 5.33. The highest BCUT2D eigenvalue weighted by molar-refractivity contribution is 5.96. The van der Waals surface area contributed by atoms with Crippen molar-refractivity contribution in [3.8, 4) is 11.1 Å². The van der Waals surface area contributed by atoms with Gasteiger partial charge >= 0.3 is 0 Å². The maximum atomic E-state index is 12.0. The number of benzene rings is 1. The molecule has 1 heterocycles. The summed E-state index contributed by atoms with van der Waals surface area (Å²) in [5.74, 6) is 0.310. The molecule has 2 nitrogen and oxygen atoms in total. The number of ketones is 1. The van der Waals surface area contributed by atoms with Crippen molar-refractivity contribution in [3.05, 3.63) is 53.9 Å². The number of rotatable bonds is 1. The van der Waals surface area contributed by atoms with Crippen LogP contribution in [0.1, 0.15) is 25.0 Å². The van der Waals surface area contributed by atoms with Crippen LogP contribution in [0.5, 0.6) is 0 Å². The Labute approximate surface area is 107 Å². The van der Waals surface area contributed by atoms with Crippen LogP contribution < -0.4 is 0 Å². The van der Waals surface area contributed by atoms with Crippen molar-refractivity contribution in [3.63, 3.8) is 0 Å². The molecule has 0 radical (unpaired) electrons.